The minimum Gasteiger partial charge on any atom is -0.478 e. The summed E-state index contributed by atoms with van der Waals surface area (Å²) in [6, 6.07) is 4.60. The molecule has 0 saturated heterocycles. The Morgan fingerprint density at radius 2 is 2.29 bits per heavy atom. The third-order valence-electron chi connectivity index (χ3n) is 2.10. The van der Waals surface area contributed by atoms with E-state index in [1.807, 2.05) is 0 Å². The number of carboxylic acid groups (broad SMARTS) is 1. The van der Waals surface area contributed by atoms with Gasteiger partial charge in [0.05, 0.1) is 5.02 Å². The van der Waals surface area contributed by atoms with Crippen molar-refractivity contribution in [2.24, 2.45) is 0 Å². The van der Waals surface area contributed by atoms with Gasteiger partial charge in [0.1, 0.15) is 5.82 Å². The van der Waals surface area contributed by atoms with Crippen LogP contribution in [0.15, 0.2) is 30.4 Å². The molecule has 0 radical (unpaired) electrons. The average Bonchev–Trinajstić information content (AvgIpc) is 2.27. The number of carbonyl (C=O) groups is 1. The molecule has 0 aliphatic carbocycles. The Morgan fingerprint density at radius 1 is 1.53 bits per heavy atom. The maximum Gasteiger partial charge on any atom is 0.328 e. The molecule has 0 atom stereocenters. The normalized spacial score (nSPS) is 10.9. The van der Waals surface area contributed by atoms with Crippen molar-refractivity contribution < 1.29 is 14.3 Å². The zero-order valence-corrected chi connectivity index (χ0v) is 9.88. The van der Waals surface area contributed by atoms with Crippen molar-refractivity contribution >= 4 is 17.6 Å². The van der Waals surface area contributed by atoms with Gasteiger partial charge in [0.25, 0.3) is 0 Å². The first-order valence-corrected chi connectivity index (χ1v) is 5.51. The third-order valence-corrected chi connectivity index (χ3v) is 2.39. The molecule has 2 N–H and O–H groups in total. The van der Waals surface area contributed by atoms with Gasteiger partial charge in [0.15, 0.2) is 0 Å². The smallest absolute Gasteiger partial charge is 0.328 e. The Kier molecular flexibility index (Phi) is 5.66. The molecule has 0 spiro atoms. The van der Waals surface area contributed by atoms with Gasteiger partial charge in [0.2, 0.25) is 0 Å². The van der Waals surface area contributed by atoms with Gasteiger partial charge < -0.3 is 10.4 Å². The van der Waals surface area contributed by atoms with Crippen molar-refractivity contribution in [1.29, 1.82) is 0 Å². The molecule has 0 bridgehead atoms. The number of aliphatic carboxylic acids is 1. The zero-order valence-electron chi connectivity index (χ0n) is 9.12. The number of hydrogen-bond acceptors (Lipinski definition) is 2. The monoisotopic (exact) mass is 257 g/mol. The summed E-state index contributed by atoms with van der Waals surface area (Å²) in [5, 5.41) is 11.5. The standard InChI is InChI=1S/C12H13ClFNO2/c13-10-8-9(3-4-11(10)14)5-7-15-6-1-2-12(16)17/h1-4,8,15H,5-7H2,(H,16,17)/b2-1+. The van der Waals surface area contributed by atoms with Crippen LogP contribution in [0.2, 0.25) is 5.02 Å². The first-order valence-electron chi connectivity index (χ1n) is 5.13. The minimum atomic E-state index is -0.961. The molecule has 0 fully saturated rings. The van der Waals surface area contributed by atoms with Gasteiger partial charge in [-0.3, -0.25) is 0 Å². The molecule has 92 valence electrons. The van der Waals surface area contributed by atoms with E-state index in [2.05, 4.69) is 5.32 Å². The second-order valence-electron chi connectivity index (χ2n) is 3.44. The summed E-state index contributed by atoms with van der Waals surface area (Å²) in [6.07, 6.45) is 3.32. The zero-order chi connectivity index (χ0) is 12.7. The average molecular weight is 258 g/mol. The number of nitrogens with one attached hydrogen (secondary N) is 1. The van der Waals surface area contributed by atoms with Gasteiger partial charge >= 0.3 is 5.97 Å². The number of rotatable bonds is 6. The van der Waals surface area contributed by atoms with Gasteiger partial charge in [-0.1, -0.05) is 23.7 Å². The van der Waals surface area contributed by atoms with Crippen LogP contribution in [0, 0.1) is 5.82 Å². The van der Waals surface area contributed by atoms with E-state index in [0.29, 0.717) is 19.5 Å². The van der Waals surface area contributed by atoms with Crippen LogP contribution >= 0.6 is 11.6 Å². The van der Waals surface area contributed by atoms with Crippen molar-refractivity contribution in [3.63, 3.8) is 0 Å². The van der Waals surface area contributed by atoms with Crippen molar-refractivity contribution in [1.82, 2.24) is 5.32 Å². The fourth-order valence-corrected chi connectivity index (χ4v) is 1.48. The summed E-state index contributed by atoms with van der Waals surface area (Å²) < 4.78 is 12.9. The highest BCUT2D eigenvalue weighted by Crippen LogP contribution is 2.15. The van der Waals surface area contributed by atoms with Crippen molar-refractivity contribution in [3.05, 3.63) is 46.8 Å². The number of halogens is 2. The van der Waals surface area contributed by atoms with Gasteiger partial charge in [-0.2, -0.15) is 0 Å². The molecule has 3 nitrogen and oxygen atoms in total. The summed E-state index contributed by atoms with van der Waals surface area (Å²) >= 11 is 5.64. The van der Waals surface area contributed by atoms with Crippen molar-refractivity contribution in [2.75, 3.05) is 13.1 Å². The number of benzene rings is 1. The summed E-state index contributed by atoms with van der Waals surface area (Å²) in [4.78, 5) is 10.2. The fraction of sp³-hybridized carbons (Fsp3) is 0.250. The summed E-state index contributed by atoms with van der Waals surface area (Å²) in [6.45, 7) is 1.16. The van der Waals surface area contributed by atoms with E-state index < -0.39 is 11.8 Å². The molecule has 0 aliphatic heterocycles. The molecule has 5 heteroatoms. The van der Waals surface area contributed by atoms with E-state index in [-0.39, 0.29) is 5.02 Å². The fourth-order valence-electron chi connectivity index (χ4n) is 1.27. The molecule has 17 heavy (non-hydrogen) atoms. The highest BCUT2D eigenvalue weighted by Gasteiger charge is 2.00. The molecular weight excluding hydrogens is 245 g/mol. The van der Waals surface area contributed by atoms with Gasteiger partial charge in [-0.05, 0) is 30.7 Å². The lowest BCUT2D eigenvalue weighted by molar-refractivity contribution is -0.131. The Labute approximate surface area is 104 Å². The molecule has 0 amide bonds. The van der Waals surface area contributed by atoms with Crippen LogP contribution in [0.25, 0.3) is 0 Å². The molecule has 1 rings (SSSR count). The molecule has 1 aromatic rings. The minimum absolute atomic E-state index is 0.119. The van der Waals surface area contributed by atoms with Gasteiger partial charge in [-0.15, -0.1) is 0 Å². The second-order valence-corrected chi connectivity index (χ2v) is 3.85. The predicted molar refractivity (Wildman–Crippen MR) is 64.8 cm³/mol. The maximum atomic E-state index is 12.9. The SMILES string of the molecule is O=C(O)/C=C/CNCCc1ccc(F)c(Cl)c1. The first-order chi connectivity index (χ1) is 8.09. The van der Waals surface area contributed by atoms with E-state index in [1.54, 1.807) is 12.1 Å². The van der Waals surface area contributed by atoms with E-state index in [0.717, 1.165) is 11.6 Å². The van der Waals surface area contributed by atoms with Crippen LogP contribution in [0.5, 0.6) is 0 Å². The molecule has 0 saturated carbocycles. The van der Waals surface area contributed by atoms with Crippen LogP contribution in [0.3, 0.4) is 0 Å². The van der Waals surface area contributed by atoms with E-state index in [4.69, 9.17) is 16.7 Å². The largest absolute Gasteiger partial charge is 0.478 e. The summed E-state index contributed by atoms with van der Waals surface area (Å²) in [5.74, 6) is -1.38. The number of carboxylic acids is 1. The highest BCUT2D eigenvalue weighted by molar-refractivity contribution is 6.30. The topological polar surface area (TPSA) is 49.3 Å². The van der Waals surface area contributed by atoms with Crippen LogP contribution < -0.4 is 5.32 Å². The van der Waals surface area contributed by atoms with Crippen molar-refractivity contribution in [2.45, 2.75) is 6.42 Å². The molecule has 0 unspecified atom stereocenters. The molecule has 0 aliphatic rings. The molecular formula is C12H13ClFNO2. The van der Waals surface area contributed by atoms with Gasteiger partial charge in [-0.25, -0.2) is 9.18 Å². The number of hydrogen-bond donors (Lipinski definition) is 2. The van der Waals surface area contributed by atoms with Crippen LogP contribution in [0.4, 0.5) is 4.39 Å². The summed E-state index contributed by atoms with van der Waals surface area (Å²) in [7, 11) is 0. The Balaban J connectivity index is 2.27. The third kappa shape index (κ3) is 5.47. The Hall–Kier alpha value is -1.39. The van der Waals surface area contributed by atoms with Crippen LogP contribution in [-0.4, -0.2) is 24.2 Å². The second kappa shape index (κ2) is 7.04. The predicted octanol–water partition coefficient (Wildman–Crippen LogP) is 2.25. The van der Waals surface area contributed by atoms with Crippen LogP contribution in [0.1, 0.15) is 5.56 Å². The summed E-state index contributed by atoms with van der Waals surface area (Å²) in [5.41, 5.74) is 0.936. The van der Waals surface area contributed by atoms with E-state index >= 15 is 0 Å². The van der Waals surface area contributed by atoms with E-state index in [9.17, 15) is 9.18 Å². The lowest BCUT2D eigenvalue weighted by Crippen LogP contribution is -2.17. The lowest BCUT2D eigenvalue weighted by atomic mass is 10.1. The molecule has 0 heterocycles. The molecule has 0 aromatic heterocycles. The van der Waals surface area contributed by atoms with Crippen molar-refractivity contribution in [3.8, 4) is 0 Å². The highest BCUT2D eigenvalue weighted by atomic mass is 35.5. The van der Waals surface area contributed by atoms with E-state index in [1.165, 1.54) is 12.1 Å². The Bertz CT molecular complexity index is 421. The maximum absolute atomic E-state index is 12.9. The van der Waals surface area contributed by atoms with Gasteiger partial charge in [0, 0.05) is 12.6 Å². The molecule has 1 aromatic carbocycles. The van der Waals surface area contributed by atoms with Crippen LogP contribution in [-0.2, 0) is 11.2 Å². The quantitative estimate of drug-likeness (QED) is 0.607. The first kappa shape index (κ1) is 13.7. The Morgan fingerprint density at radius 3 is 2.94 bits per heavy atom. The lowest BCUT2D eigenvalue weighted by Gasteiger charge is -2.03.